The van der Waals surface area contributed by atoms with Crippen LogP contribution in [0.15, 0.2) is 78.0 Å². The van der Waals surface area contributed by atoms with Crippen molar-refractivity contribution in [3.05, 3.63) is 84.2 Å². The maximum Gasteiger partial charge on any atom is 0.319 e. The van der Waals surface area contributed by atoms with Crippen molar-refractivity contribution in [1.29, 1.82) is 0 Å². The first kappa shape index (κ1) is 22.3. The zero-order valence-corrected chi connectivity index (χ0v) is 18.1. The number of amides is 2. The fourth-order valence-corrected chi connectivity index (χ4v) is 3.60. The summed E-state index contributed by atoms with van der Waals surface area (Å²) in [5, 5.41) is 5.40. The Balaban J connectivity index is 1.51. The maximum absolute atomic E-state index is 12.2. The number of nitrogens with one attached hydrogen (secondary N) is 2. The van der Waals surface area contributed by atoms with Crippen LogP contribution < -0.4 is 15.4 Å². The van der Waals surface area contributed by atoms with Crippen LogP contribution in [0.2, 0.25) is 0 Å². The Bertz CT molecular complexity index is 1120. The lowest BCUT2D eigenvalue weighted by atomic mass is 10.2. The SMILES string of the molecule is CN(C)S(=O)(=O)c1cccc(NC(=O)NCc2ccc(OCc3cccnc3)cc2)c1. The van der Waals surface area contributed by atoms with Gasteiger partial charge in [0.25, 0.3) is 0 Å². The fourth-order valence-electron chi connectivity index (χ4n) is 2.66. The first-order chi connectivity index (χ1) is 14.8. The van der Waals surface area contributed by atoms with Crippen LogP contribution in [0.4, 0.5) is 10.5 Å². The van der Waals surface area contributed by atoms with E-state index in [-0.39, 0.29) is 4.90 Å². The van der Waals surface area contributed by atoms with Gasteiger partial charge in [-0.15, -0.1) is 0 Å². The number of nitrogens with zero attached hydrogens (tertiary/aromatic N) is 2. The highest BCUT2D eigenvalue weighted by molar-refractivity contribution is 7.89. The minimum Gasteiger partial charge on any atom is -0.489 e. The largest absolute Gasteiger partial charge is 0.489 e. The van der Waals surface area contributed by atoms with Crippen LogP contribution in [-0.2, 0) is 23.2 Å². The zero-order chi connectivity index (χ0) is 22.3. The molecule has 3 aromatic rings. The fraction of sp³-hybridized carbons (Fsp3) is 0.182. The van der Waals surface area contributed by atoms with E-state index in [1.807, 2.05) is 36.4 Å². The molecule has 2 amide bonds. The predicted octanol–water partition coefficient (Wildman–Crippen LogP) is 3.23. The summed E-state index contributed by atoms with van der Waals surface area (Å²) >= 11 is 0. The number of ether oxygens (including phenoxy) is 1. The summed E-state index contributed by atoms with van der Waals surface area (Å²) in [4.78, 5) is 16.4. The van der Waals surface area contributed by atoms with Crippen molar-refractivity contribution in [2.24, 2.45) is 0 Å². The highest BCUT2D eigenvalue weighted by atomic mass is 32.2. The van der Waals surface area contributed by atoms with Gasteiger partial charge in [-0.2, -0.15) is 0 Å². The number of hydrogen-bond donors (Lipinski definition) is 2. The normalized spacial score (nSPS) is 11.2. The van der Waals surface area contributed by atoms with Crippen LogP contribution in [0.1, 0.15) is 11.1 Å². The van der Waals surface area contributed by atoms with Gasteiger partial charge in [0.15, 0.2) is 0 Å². The van der Waals surface area contributed by atoms with Crippen molar-refractivity contribution in [2.75, 3.05) is 19.4 Å². The molecular weight excluding hydrogens is 416 g/mol. The van der Waals surface area contributed by atoms with Crippen LogP contribution in [0.5, 0.6) is 5.75 Å². The minimum absolute atomic E-state index is 0.108. The number of sulfonamides is 1. The standard InChI is InChI=1S/C22H24N4O4S/c1-26(2)31(28,29)21-7-3-6-19(13-21)25-22(27)24-15-17-8-10-20(11-9-17)30-16-18-5-4-12-23-14-18/h3-14H,15-16H2,1-2H3,(H2,24,25,27). The van der Waals surface area contributed by atoms with Gasteiger partial charge in [-0.1, -0.05) is 24.3 Å². The highest BCUT2D eigenvalue weighted by Crippen LogP contribution is 2.18. The summed E-state index contributed by atoms with van der Waals surface area (Å²) in [5.41, 5.74) is 2.26. The Hall–Kier alpha value is -3.43. The topological polar surface area (TPSA) is 101 Å². The van der Waals surface area contributed by atoms with Crippen molar-refractivity contribution in [1.82, 2.24) is 14.6 Å². The molecule has 2 N–H and O–H groups in total. The maximum atomic E-state index is 12.2. The van der Waals surface area contributed by atoms with Gasteiger partial charge in [-0.3, -0.25) is 4.98 Å². The number of urea groups is 1. The van der Waals surface area contributed by atoms with Crippen molar-refractivity contribution in [2.45, 2.75) is 18.0 Å². The number of pyridine rings is 1. The molecular formula is C22H24N4O4S. The Morgan fingerprint density at radius 3 is 2.48 bits per heavy atom. The molecule has 1 heterocycles. The van der Waals surface area contributed by atoms with Crippen molar-refractivity contribution < 1.29 is 17.9 Å². The molecule has 1 aromatic heterocycles. The average molecular weight is 441 g/mol. The number of rotatable bonds is 8. The van der Waals surface area contributed by atoms with E-state index < -0.39 is 16.1 Å². The molecule has 0 aliphatic carbocycles. The summed E-state index contributed by atoms with van der Waals surface area (Å²) in [7, 11) is -0.659. The van der Waals surface area contributed by atoms with E-state index in [0.29, 0.717) is 18.8 Å². The molecule has 0 aliphatic heterocycles. The first-order valence-corrected chi connectivity index (χ1v) is 11.0. The second-order valence-corrected chi connectivity index (χ2v) is 9.07. The average Bonchev–Trinajstić information content (AvgIpc) is 2.78. The lowest BCUT2D eigenvalue weighted by Crippen LogP contribution is -2.28. The molecule has 0 atom stereocenters. The Kier molecular flexibility index (Phi) is 7.22. The van der Waals surface area contributed by atoms with E-state index >= 15 is 0 Å². The quantitative estimate of drug-likeness (QED) is 0.560. The molecule has 162 valence electrons. The molecule has 0 unspecified atom stereocenters. The van der Waals surface area contributed by atoms with Gasteiger partial charge in [0.05, 0.1) is 4.90 Å². The molecule has 0 radical (unpaired) electrons. The summed E-state index contributed by atoms with van der Waals surface area (Å²) in [6.07, 6.45) is 3.46. The predicted molar refractivity (Wildman–Crippen MR) is 118 cm³/mol. The van der Waals surface area contributed by atoms with Crippen molar-refractivity contribution in [3.63, 3.8) is 0 Å². The number of hydrogen-bond acceptors (Lipinski definition) is 5. The summed E-state index contributed by atoms with van der Waals surface area (Å²) in [5.74, 6) is 0.718. The third-order valence-electron chi connectivity index (χ3n) is 4.38. The Morgan fingerprint density at radius 2 is 1.81 bits per heavy atom. The van der Waals surface area contributed by atoms with E-state index in [2.05, 4.69) is 15.6 Å². The van der Waals surface area contributed by atoms with E-state index in [1.54, 1.807) is 24.5 Å². The molecule has 9 heteroatoms. The number of benzene rings is 2. The molecule has 2 aromatic carbocycles. The first-order valence-electron chi connectivity index (χ1n) is 9.53. The monoisotopic (exact) mass is 440 g/mol. The van der Waals surface area contributed by atoms with Gasteiger partial charge in [-0.05, 0) is 42.0 Å². The molecule has 0 bridgehead atoms. The van der Waals surface area contributed by atoms with Crippen LogP contribution in [0.25, 0.3) is 0 Å². The van der Waals surface area contributed by atoms with Crippen molar-refractivity contribution in [3.8, 4) is 5.75 Å². The molecule has 0 saturated heterocycles. The molecule has 0 aliphatic rings. The highest BCUT2D eigenvalue weighted by Gasteiger charge is 2.17. The van der Waals surface area contributed by atoms with E-state index in [9.17, 15) is 13.2 Å². The van der Waals surface area contributed by atoms with Gasteiger partial charge in [-0.25, -0.2) is 17.5 Å². The molecule has 31 heavy (non-hydrogen) atoms. The minimum atomic E-state index is -3.57. The molecule has 0 saturated carbocycles. The Morgan fingerprint density at radius 1 is 1.03 bits per heavy atom. The van der Waals surface area contributed by atoms with E-state index in [4.69, 9.17) is 4.74 Å². The molecule has 0 spiro atoms. The van der Waals surface area contributed by atoms with Gasteiger partial charge in [0.2, 0.25) is 10.0 Å². The van der Waals surface area contributed by atoms with E-state index in [1.165, 1.54) is 26.2 Å². The van der Waals surface area contributed by atoms with Crippen LogP contribution in [0, 0.1) is 0 Å². The second-order valence-electron chi connectivity index (χ2n) is 6.92. The number of carbonyl (C=O) groups is 1. The molecule has 0 fully saturated rings. The number of anilines is 1. The lowest BCUT2D eigenvalue weighted by molar-refractivity contribution is 0.251. The summed E-state index contributed by atoms with van der Waals surface area (Å²) in [6, 6.07) is 16.9. The van der Waals surface area contributed by atoms with Gasteiger partial charge in [0.1, 0.15) is 12.4 Å². The third kappa shape index (κ3) is 6.27. The van der Waals surface area contributed by atoms with Gasteiger partial charge in [0, 0.05) is 44.3 Å². The lowest BCUT2D eigenvalue weighted by Gasteiger charge is -2.13. The number of carbonyl (C=O) groups excluding carboxylic acids is 1. The number of aromatic nitrogens is 1. The molecule has 8 nitrogen and oxygen atoms in total. The smallest absolute Gasteiger partial charge is 0.319 e. The van der Waals surface area contributed by atoms with E-state index in [0.717, 1.165) is 21.2 Å². The summed E-state index contributed by atoms with van der Waals surface area (Å²) < 4.78 is 31.3. The van der Waals surface area contributed by atoms with Gasteiger partial charge >= 0.3 is 6.03 Å². The van der Waals surface area contributed by atoms with Crippen LogP contribution in [-0.4, -0.2) is 37.8 Å². The third-order valence-corrected chi connectivity index (χ3v) is 6.19. The van der Waals surface area contributed by atoms with Crippen molar-refractivity contribution >= 4 is 21.7 Å². The Labute approximate surface area is 181 Å². The van der Waals surface area contributed by atoms with Crippen LogP contribution in [0.3, 0.4) is 0 Å². The molecule has 3 rings (SSSR count). The summed E-state index contributed by atoms with van der Waals surface area (Å²) in [6.45, 7) is 0.737. The zero-order valence-electron chi connectivity index (χ0n) is 17.3. The van der Waals surface area contributed by atoms with Gasteiger partial charge < -0.3 is 15.4 Å². The second kappa shape index (κ2) is 10.1. The van der Waals surface area contributed by atoms with Crippen LogP contribution >= 0.6 is 0 Å².